The van der Waals surface area contributed by atoms with Gasteiger partial charge in [-0.25, -0.2) is 0 Å². The quantitative estimate of drug-likeness (QED) is 0.918. The molecule has 21 heavy (non-hydrogen) atoms. The van der Waals surface area contributed by atoms with Crippen LogP contribution in [0.3, 0.4) is 0 Å². The molecule has 110 valence electrons. The lowest BCUT2D eigenvalue weighted by Crippen LogP contribution is -2.32. The van der Waals surface area contributed by atoms with E-state index in [9.17, 15) is 9.59 Å². The number of carbonyl (C=O) groups is 1. The van der Waals surface area contributed by atoms with Crippen molar-refractivity contribution in [3.63, 3.8) is 0 Å². The second kappa shape index (κ2) is 6.88. The van der Waals surface area contributed by atoms with Gasteiger partial charge in [0.25, 0.3) is 5.91 Å². The first-order valence-corrected chi connectivity index (χ1v) is 7.14. The van der Waals surface area contributed by atoms with Crippen LogP contribution in [0.25, 0.3) is 0 Å². The van der Waals surface area contributed by atoms with E-state index >= 15 is 0 Å². The van der Waals surface area contributed by atoms with Crippen molar-refractivity contribution in [3.05, 3.63) is 69.6 Å². The molecule has 0 spiro atoms. The van der Waals surface area contributed by atoms with E-state index in [-0.39, 0.29) is 11.5 Å². The van der Waals surface area contributed by atoms with E-state index in [1.54, 1.807) is 17.0 Å². The lowest BCUT2D eigenvalue weighted by Gasteiger charge is -2.22. The molecule has 0 aliphatic rings. The van der Waals surface area contributed by atoms with Crippen molar-refractivity contribution in [3.8, 4) is 0 Å². The Hall–Kier alpha value is -2.36. The summed E-state index contributed by atoms with van der Waals surface area (Å²) >= 11 is 0. The smallest absolute Gasteiger partial charge is 0.270 e. The van der Waals surface area contributed by atoms with E-state index in [2.05, 4.69) is 4.98 Å². The molecule has 0 fully saturated rings. The summed E-state index contributed by atoms with van der Waals surface area (Å²) in [5, 5.41) is 0. The van der Waals surface area contributed by atoms with Crippen LogP contribution in [0, 0.1) is 6.92 Å². The van der Waals surface area contributed by atoms with Crippen molar-refractivity contribution >= 4 is 5.91 Å². The molecule has 0 unspecified atom stereocenters. The standard InChI is InChI=1S/C17H20N2O2/c1-3-11-19(12-14-9-7-13(2)8-10-14)17(21)15-5-4-6-16(20)18-15/h4-10H,3,11-12H2,1-2H3,(H,18,20). The molecule has 0 atom stereocenters. The Morgan fingerprint density at radius 1 is 1.14 bits per heavy atom. The predicted molar refractivity (Wildman–Crippen MR) is 83.3 cm³/mol. The fraction of sp³-hybridized carbons (Fsp3) is 0.294. The summed E-state index contributed by atoms with van der Waals surface area (Å²) in [6, 6.07) is 12.8. The second-order valence-electron chi connectivity index (χ2n) is 5.14. The third-order valence-corrected chi connectivity index (χ3v) is 3.27. The van der Waals surface area contributed by atoms with Gasteiger partial charge in [-0.1, -0.05) is 42.8 Å². The van der Waals surface area contributed by atoms with Crippen molar-refractivity contribution in [2.45, 2.75) is 26.8 Å². The number of nitrogens with zero attached hydrogens (tertiary/aromatic N) is 1. The largest absolute Gasteiger partial charge is 0.333 e. The van der Waals surface area contributed by atoms with E-state index in [1.165, 1.54) is 11.6 Å². The molecular formula is C17H20N2O2. The number of nitrogens with one attached hydrogen (secondary N) is 1. The third-order valence-electron chi connectivity index (χ3n) is 3.27. The van der Waals surface area contributed by atoms with Gasteiger partial charge in [0.1, 0.15) is 5.69 Å². The zero-order valence-corrected chi connectivity index (χ0v) is 12.4. The molecule has 1 heterocycles. The van der Waals surface area contributed by atoms with E-state index in [4.69, 9.17) is 0 Å². The van der Waals surface area contributed by atoms with Gasteiger partial charge in [0.05, 0.1) is 0 Å². The normalized spacial score (nSPS) is 10.4. The fourth-order valence-corrected chi connectivity index (χ4v) is 2.18. The minimum Gasteiger partial charge on any atom is -0.333 e. The van der Waals surface area contributed by atoms with Crippen molar-refractivity contribution in [1.82, 2.24) is 9.88 Å². The fourth-order valence-electron chi connectivity index (χ4n) is 2.18. The number of amides is 1. The number of H-pyrrole nitrogens is 1. The molecule has 0 aliphatic carbocycles. The highest BCUT2D eigenvalue weighted by molar-refractivity contribution is 5.92. The molecule has 1 aromatic heterocycles. The Labute approximate surface area is 124 Å². The monoisotopic (exact) mass is 284 g/mol. The SMILES string of the molecule is CCCN(Cc1ccc(C)cc1)C(=O)c1cccc(=O)[nH]1. The lowest BCUT2D eigenvalue weighted by molar-refractivity contribution is 0.0737. The minimum absolute atomic E-state index is 0.143. The highest BCUT2D eigenvalue weighted by Gasteiger charge is 2.16. The van der Waals surface area contributed by atoms with E-state index in [0.717, 1.165) is 12.0 Å². The first kappa shape index (κ1) is 15.0. The number of aromatic amines is 1. The van der Waals surface area contributed by atoms with Gasteiger partial charge >= 0.3 is 0 Å². The number of carbonyl (C=O) groups excluding carboxylic acids is 1. The van der Waals surface area contributed by atoms with Gasteiger partial charge in [0.2, 0.25) is 5.56 Å². The predicted octanol–water partition coefficient (Wildman–Crippen LogP) is 2.74. The van der Waals surface area contributed by atoms with Crippen LogP contribution in [-0.2, 0) is 6.54 Å². The van der Waals surface area contributed by atoms with Crippen LogP contribution < -0.4 is 5.56 Å². The molecule has 1 amide bonds. The van der Waals surface area contributed by atoms with Gasteiger partial charge in [0, 0.05) is 19.2 Å². The van der Waals surface area contributed by atoms with Gasteiger partial charge in [-0.2, -0.15) is 0 Å². The second-order valence-corrected chi connectivity index (χ2v) is 5.14. The Morgan fingerprint density at radius 2 is 1.86 bits per heavy atom. The summed E-state index contributed by atoms with van der Waals surface area (Å²) in [5.41, 5.74) is 2.36. The summed E-state index contributed by atoms with van der Waals surface area (Å²) in [6.45, 7) is 5.27. The summed E-state index contributed by atoms with van der Waals surface area (Å²) in [6.07, 6.45) is 0.870. The van der Waals surface area contributed by atoms with Gasteiger partial charge < -0.3 is 9.88 Å². The highest BCUT2D eigenvalue weighted by Crippen LogP contribution is 2.10. The number of hydrogen-bond acceptors (Lipinski definition) is 2. The molecule has 1 aromatic carbocycles. The highest BCUT2D eigenvalue weighted by atomic mass is 16.2. The summed E-state index contributed by atoms with van der Waals surface area (Å²) in [7, 11) is 0. The maximum absolute atomic E-state index is 12.5. The van der Waals surface area contributed by atoms with Crippen molar-refractivity contribution in [1.29, 1.82) is 0 Å². The van der Waals surface area contributed by atoms with Gasteiger partial charge in [0.15, 0.2) is 0 Å². The Morgan fingerprint density at radius 3 is 2.48 bits per heavy atom. The maximum atomic E-state index is 12.5. The molecule has 0 saturated heterocycles. The number of rotatable bonds is 5. The van der Waals surface area contributed by atoms with Gasteiger partial charge in [-0.15, -0.1) is 0 Å². The van der Waals surface area contributed by atoms with Gasteiger partial charge in [-0.05, 0) is 25.0 Å². The van der Waals surface area contributed by atoms with Crippen LogP contribution in [0.15, 0.2) is 47.3 Å². The lowest BCUT2D eigenvalue weighted by atomic mass is 10.1. The molecule has 0 radical (unpaired) electrons. The van der Waals surface area contributed by atoms with E-state index in [0.29, 0.717) is 18.8 Å². The van der Waals surface area contributed by atoms with Gasteiger partial charge in [-0.3, -0.25) is 9.59 Å². The topological polar surface area (TPSA) is 53.2 Å². The molecule has 0 saturated carbocycles. The Balaban J connectivity index is 2.20. The Kier molecular flexibility index (Phi) is 4.93. The zero-order valence-electron chi connectivity index (χ0n) is 12.4. The summed E-state index contributed by atoms with van der Waals surface area (Å²) in [5.74, 6) is -0.143. The zero-order chi connectivity index (χ0) is 15.2. The number of aryl methyl sites for hydroxylation is 1. The molecule has 1 N–H and O–H groups in total. The molecule has 4 nitrogen and oxygen atoms in total. The maximum Gasteiger partial charge on any atom is 0.270 e. The number of aromatic nitrogens is 1. The van der Waals surface area contributed by atoms with Crippen LogP contribution in [0.2, 0.25) is 0 Å². The van der Waals surface area contributed by atoms with E-state index in [1.807, 2.05) is 38.1 Å². The third kappa shape index (κ3) is 4.05. The van der Waals surface area contributed by atoms with Crippen LogP contribution >= 0.6 is 0 Å². The molecular weight excluding hydrogens is 264 g/mol. The van der Waals surface area contributed by atoms with Crippen molar-refractivity contribution in [2.24, 2.45) is 0 Å². The number of benzene rings is 1. The van der Waals surface area contributed by atoms with Crippen LogP contribution in [0.1, 0.15) is 35.0 Å². The van der Waals surface area contributed by atoms with Crippen molar-refractivity contribution < 1.29 is 4.79 Å². The average molecular weight is 284 g/mol. The van der Waals surface area contributed by atoms with Crippen LogP contribution in [-0.4, -0.2) is 22.3 Å². The molecule has 0 aliphatic heterocycles. The summed E-state index contributed by atoms with van der Waals surface area (Å²) in [4.78, 5) is 28.2. The molecule has 0 bridgehead atoms. The first-order chi connectivity index (χ1) is 10.1. The minimum atomic E-state index is -0.257. The molecule has 2 aromatic rings. The first-order valence-electron chi connectivity index (χ1n) is 7.14. The van der Waals surface area contributed by atoms with Crippen molar-refractivity contribution in [2.75, 3.05) is 6.54 Å². The number of pyridine rings is 1. The number of hydrogen-bond donors (Lipinski definition) is 1. The summed E-state index contributed by atoms with van der Waals surface area (Å²) < 4.78 is 0. The Bertz CT molecular complexity index is 659. The van der Waals surface area contributed by atoms with Crippen LogP contribution in [0.4, 0.5) is 0 Å². The van der Waals surface area contributed by atoms with Crippen LogP contribution in [0.5, 0.6) is 0 Å². The average Bonchev–Trinajstić information content (AvgIpc) is 2.48. The molecule has 4 heteroatoms. The molecule has 2 rings (SSSR count). The van der Waals surface area contributed by atoms with E-state index < -0.39 is 0 Å².